The number of nitrogens with one attached hydrogen (secondary N) is 2. The molecule has 3 N–H and O–H groups in total. The van der Waals surface area contributed by atoms with Crippen molar-refractivity contribution >= 4 is 23.4 Å². The number of hydrogen-bond acceptors (Lipinski definition) is 7. The molecule has 0 aliphatic carbocycles. The molecule has 4 aromatic rings. The number of rotatable bonds is 7. The summed E-state index contributed by atoms with van der Waals surface area (Å²) in [4.78, 5) is 15.2. The minimum absolute atomic E-state index is 0.201. The second-order valence-electron chi connectivity index (χ2n) is 7.74. The van der Waals surface area contributed by atoms with Gasteiger partial charge < -0.3 is 30.0 Å². The summed E-state index contributed by atoms with van der Waals surface area (Å²) in [7, 11) is 0. The highest BCUT2D eigenvalue weighted by Crippen LogP contribution is 2.34. The van der Waals surface area contributed by atoms with Crippen LogP contribution in [0.15, 0.2) is 60.7 Å². The van der Waals surface area contributed by atoms with E-state index >= 15 is 0 Å². The van der Waals surface area contributed by atoms with Crippen molar-refractivity contribution in [3.8, 4) is 28.5 Å². The Hall–Kier alpha value is -4.47. The lowest BCUT2D eigenvalue weighted by atomic mass is 10.1. The van der Waals surface area contributed by atoms with E-state index in [0.717, 1.165) is 28.4 Å². The molecule has 1 aliphatic heterocycles. The van der Waals surface area contributed by atoms with Gasteiger partial charge in [0.1, 0.15) is 25.1 Å². The lowest BCUT2D eigenvalue weighted by molar-refractivity contribution is 0.171. The second-order valence-corrected chi connectivity index (χ2v) is 7.74. The summed E-state index contributed by atoms with van der Waals surface area (Å²) in [6, 6.07) is 18.9. The van der Waals surface area contributed by atoms with Crippen molar-refractivity contribution in [1.82, 2.24) is 19.9 Å². The van der Waals surface area contributed by atoms with Crippen molar-refractivity contribution in [2.24, 2.45) is 0 Å². The molecule has 10 heteroatoms. The number of fused-ring (bicyclic) bond motifs is 2. The van der Waals surface area contributed by atoms with Crippen molar-refractivity contribution in [3.63, 3.8) is 0 Å². The van der Waals surface area contributed by atoms with Crippen molar-refractivity contribution in [1.29, 1.82) is 0 Å². The summed E-state index contributed by atoms with van der Waals surface area (Å²) in [6.07, 6.45) is -1.37. The molecule has 0 unspecified atom stereocenters. The molecule has 5 rings (SSSR count). The number of benzene rings is 2. The smallest absolute Gasteiger partial charge is 0.404 e. The Labute approximate surface area is 195 Å². The quantitative estimate of drug-likeness (QED) is 0.379. The first-order valence-electron chi connectivity index (χ1n) is 10.8. The fraction of sp³-hybridized carbons (Fsp3) is 0.208. The summed E-state index contributed by atoms with van der Waals surface area (Å²) in [5.74, 6) is 2.55. The number of nitrogens with zero attached hydrogens (tertiary/aromatic N) is 3. The zero-order valence-electron chi connectivity index (χ0n) is 18.4. The van der Waals surface area contributed by atoms with Crippen LogP contribution in [0.25, 0.3) is 16.9 Å². The summed E-state index contributed by atoms with van der Waals surface area (Å²) < 4.78 is 18.8. The number of aromatic nitrogens is 3. The van der Waals surface area contributed by atoms with Crippen molar-refractivity contribution in [2.75, 3.05) is 25.1 Å². The maximum Gasteiger partial charge on any atom is 0.404 e. The SMILES string of the molecule is C[C@@H](CNC(=O)O)Oc1ccc(Nc2nc3cccc(-c4ccc5c(c4)OCCO5)n3n2)cc1. The van der Waals surface area contributed by atoms with Crippen LogP contribution < -0.4 is 24.8 Å². The van der Waals surface area contributed by atoms with Gasteiger partial charge in [-0.2, -0.15) is 4.98 Å². The Morgan fingerprint density at radius 2 is 1.91 bits per heavy atom. The highest BCUT2D eigenvalue weighted by molar-refractivity contribution is 5.68. The van der Waals surface area contributed by atoms with Crippen molar-refractivity contribution < 1.29 is 24.1 Å². The van der Waals surface area contributed by atoms with E-state index in [4.69, 9.17) is 19.3 Å². The zero-order valence-corrected chi connectivity index (χ0v) is 18.4. The van der Waals surface area contributed by atoms with Gasteiger partial charge in [-0.25, -0.2) is 9.31 Å². The topological polar surface area (TPSA) is 119 Å². The summed E-state index contributed by atoms with van der Waals surface area (Å²) >= 11 is 0. The first kappa shape index (κ1) is 21.4. The highest BCUT2D eigenvalue weighted by Gasteiger charge is 2.15. The van der Waals surface area contributed by atoms with Crippen LogP contribution in [0, 0.1) is 0 Å². The Bertz CT molecular complexity index is 1320. The van der Waals surface area contributed by atoms with Gasteiger partial charge in [-0.05, 0) is 61.5 Å². The van der Waals surface area contributed by atoms with Gasteiger partial charge in [0.05, 0.1) is 12.2 Å². The molecule has 1 atom stereocenters. The molecule has 0 saturated carbocycles. The first-order valence-corrected chi connectivity index (χ1v) is 10.8. The summed E-state index contributed by atoms with van der Waals surface area (Å²) in [5.41, 5.74) is 3.32. The lowest BCUT2D eigenvalue weighted by Gasteiger charge is -2.19. The van der Waals surface area contributed by atoms with E-state index in [-0.39, 0.29) is 12.6 Å². The number of hydrogen-bond donors (Lipinski definition) is 3. The minimum Gasteiger partial charge on any atom is -0.489 e. The third-order valence-corrected chi connectivity index (χ3v) is 5.19. The maximum absolute atomic E-state index is 10.6. The van der Waals surface area contributed by atoms with Crippen LogP contribution in [0.3, 0.4) is 0 Å². The molecule has 0 fully saturated rings. The van der Waals surface area contributed by atoms with Crippen molar-refractivity contribution in [2.45, 2.75) is 13.0 Å². The summed E-state index contributed by atoms with van der Waals surface area (Å²) in [6.45, 7) is 3.07. The Morgan fingerprint density at radius 3 is 2.71 bits per heavy atom. The number of carbonyl (C=O) groups is 1. The third kappa shape index (κ3) is 4.65. The molecular formula is C24H23N5O5. The monoisotopic (exact) mass is 461 g/mol. The van der Waals surface area contributed by atoms with E-state index in [0.29, 0.717) is 30.6 Å². The van der Waals surface area contributed by atoms with E-state index in [1.807, 2.05) is 48.5 Å². The van der Waals surface area contributed by atoms with Gasteiger partial charge in [0.25, 0.3) is 0 Å². The molecule has 0 spiro atoms. The lowest BCUT2D eigenvalue weighted by Crippen LogP contribution is -2.32. The van der Waals surface area contributed by atoms with Gasteiger partial charge in [-0.1, -0.05) is 6.07 Å². The molecule has 1 aliphatic rings. The van der Waals surface area contributed by atoms with Crippen LogP contribution in [0.4, 0.5) is 16.4 Å². The van der Waals surface area contributed by atoms with Gasteiger partial charge in [-0.15, -0.1) is 5.10 Å². The molecule has 34 heavy (non-hydrogen) atoms. The van der Waals surface area contributed by atoms with E-state index in [1.165, 1.54) is 0 Å². The molecule has 0 bridgehead atoms. The van der Waals surface area contributed by atoms with Crippen LogP contribution in [-0.2, 0) is 0 Å². The predicted octanol–water partition coefficient (Wildman–Crippen LogP) is 3.95. The average Bonchev–Trinajstić information content (AvgIpc) is 3.26. The van der Waals surface area contributed by atoms with E-state index in [9.17, 15) is 4.79 Å². The maximum atomic E-state index is 10.6. The molecule has 3 heterocycles. The van der Waals surface area contributed by atoms with E-state index in [2.05, 4.69) is 20.7 Å². The second kappa shape index (κ2) is 9.18. The largest absolute Gasteiger partial charge is 0.489 e. The molecule has 174 valence electrons. The molecule has 0 saturated heterocycles. The van der Waals surface area contributed by atoms with Crippen LogP contribution in [-0.4, -0.2) is 51.7 Å². The van der Waals surface area contributed by atoms with Crippen LogP contribution in [0.5, 0.6) is 17.2 Å². The molecule has 1 amide bonds. The number of ether oxygens (including phenoxy) is 3. The molecular weight excluding hydrogens is 438 g/mol. The molecule has 2 aromatic heterocycles. The molecule has 2 aromatic carbocycles. The Morgan fingerprint density at radius 1 is 1.12 bits per heavy atom. The van der Waals surface area contributed by atoms with Gasteiger partial charge in [0.15, 0.2) is 17.1 Å². The highest BCUT2D eigenvalue weighted by atomic mass is 16.6. The molecule has 0 radical (unpaired) electrons. The predicted molar refractivity (Wildman–Crippen MR) is 125 cm³/mol. The van der Waals surface area contributed by atoms with Gasteiger partial charge in [0, 0.05) is 11.3 Å². The fourth-order valence-electron chi connectivity index (χ4n) is 3.63. The van der Waals surface area contributed by atoms with Gasteiger partial charge >= 0.3 is 6.09 Å². The average molecular weight is 461 g/mol. The van der Waals surface area contributed by atoms with Crippen LogP contribution in [0.1, 0.15) is 6.92 Å². The zero-order chi connectivity index (χ0) is 23.5. The number of anilines is 2. The number of pyridine rings is 1. The van der Waals surface area contributed by atoms with E-state index in [1.54, 1.807) is 23.6 Å². The number of amides is 1. The van der Waals surface area contributed by atoms with Crippen molar-refractivity contribution in [3.05, 3.63) is 60.7 Å². The summed E-state index contributed by atoms with van der Waals surface area (Å²) in [5, 5.41) is 18.8. The van der Waals surface area contributed by atoms with Gasteiger partial charge in [-0.3, -0.25) is 0 Å². The van der Waals surface area contributed by atoms with Crippen LogP contribution >= 0.6 is 0 Å². The Kier molecular flexibility index (Phi) is 5.77. The third-order valence-electron chi connectivity index (χ3n) is 5.19. The normalized spacial score (nSPS) is 13.3. The van der Waals surface area contributed by atoms with Crippen LogP contribution in [0.2, 0.25) is 0 Å². The molecule has 10 nitrogen and oxygen atoms in total. The van der Waals surface area contributed by atoms with E-state index < -0.39 is 6.09 Å². The fourth-order valence-corrected chi connectivity index (χ4v) is 3.63. The number of carboxylic acid groups (broad SMARTS) is 1. The minimum atomic E-state index is -1.08. The Balaban J connectivity index is 1.32. The van der Waals surface area contributed by atoms with Gasteiger partial charge in [0.2, 0.25) is 5.95 Å². The standard InChI is InChI=1S/C24H23N5O5/c1-15(14-25-24(30)31)34-18-8-6-17(7-9-18)26-23-27-22-4-2-3-19(29(22)28-23)16-5-10-20-21(13-16)33-12-11-32-20/h2-10,13,15,25H,11-12,14H2,1H3,(H,26,28)(H,30,31)/t15-/m0/s1. The first-order chi connectivity index (χ1) is 16.5.